The molecule has 0 aliphatic heterocycles. The third-order valence-electron chi connectivity index (χ3n) is 2.19. The summed E-state index contributed by atoms with van der Waals surface area (Å²) in [6, 6.07) is 5.60. The molecule has 9 heteroatoms. The third kappa shape index (κ3) is 4.06. The van der Waals surface area contributed by atoms with E-state index in [-0.39, 0.29) is 17.2 Å². The van der Waals surface area contributed by atoms with Crippen LogP contribution in [0.15, 0.2) is 36.5 Å². The molecule has 0 radical (unpaired) electrons. The number of aromatic nitrogens is 2. The van der Waals surface area contributed by atoms with Gasteiger partial charge in [-0.3, -0.25) is 0 Å². The fourth-order valence-corrected chi connectivity index (χ4v) is 1.38. The number of ether oxygens (including phenoxy) is 2. The van der Waals surface area contributed by atoms with Crippen molar-refractivity contribution >= 4 is 5.97 Å². The molecule has 0 amide bonds. The van der Waals surface area contributed by atoms with Crippen LogP contribution in [0.1, 0.15) is 10.4 Å². The molecule has 0 saturated heterocycles. The van der Waals surface area contributed by atoms with Crippen molar-refractivity contribution in [2.45, 2.75) is 6.36 Å². The van der Waals surface area contributed by atoms with Crippen molar-refractivity contribution in [2.75, 3.05) is 0 Å². The average molecular weight is 300 g/mol. The minimum atomic E-state index is -4.79. The normalized spacial score (nSPS) is 11.0. The van der Waals surface area contributed by atoms with Crippen LogP contribution in [0.5, 0.6) is 17.4 Å². The van der Waals surface area contributed by atoms with Gasteiger partial charge >= 0.3 is 12.3 Å². The minimum Gasteiger partial charge on any atom is -0.477 e. The molecule has 2 rings (SSSR count). The van der Waals surface area contributed by atoms with Gasteiger partial charge in [0.05, 0.1) is 6.20 Å². The number of hydrogen-bond acceptors (Lipinski definition) is 5. The Labute approximate surface area is 115 Å². The summed E-state index contributed by atoms with van der Waals surface area (Å²) in [4.78, 5) is 10.9. The summed E-state index contributed by atoms with van der Waals surface area (Å²) in [7, 11) is 0. The van der Waals surface area contributed by atoms with Gasteiger partial charge in [-0.05, 0) is 30.3 Å². The second-order valence-electron chi connectivity index (χ2n) is 3.68. The summed E-state index contributed by atoms with van der Waals surface area (Å²) in [6.07, 6.45) is -3.61. The number of rotatable bonds is 4. The summed E-state index contributed by atoms with van der Waals surface area (Å²) < 4.78 is 44.8. The second-order valence-corrected chi connectivity index (χ2v) is 3.68. The highest BCUT2D eigenvalue weighted by Gasteiger charge is 2.31. The number of hydrogen-bond donors (Lipinski definition) is 1. The molecule has 6 nitrogen and oxygen atoms in total. The molecule has 0 aliphatic carbocycles. The molecule has 0 spiro atoms. The zero-order valence-corrected chi connectivity index (χ0v) is 10.2. The van der Waals surface area contributed by atoms with Crippen LogP contribution in [0.2, 0.25) is 0 Å². The molecule has 1 N–H and O–H groups in total. The van der Waals surface area contributed by atoms with Crippen LogP contribution in [0.3, 0.4) is 0 Å². The molecule has 2 aromatic rings. The second kappa shape index (κ2) is 5.65. The quantitative estimate of drug-likeness (QED) is 0.935. The molecule has 0 saturated carbocycles. The summed E-state index contributed by atoms with van der Waals surface area (Å²) >= 11 is 0. The van der Waals surface area contributed by atoms with Crippen LogP contribution in [-0.4, -0.2) is 27.6 Å². The maximum Gasteiger partial charge on any atom is 0.573 e. The Kier molecular flexibility index (Phi) is 3.92. The SMILES string of the molecule is O=C(O)c1ccnnc1Oc1ccc(OC(F)(F)F)cc1. The van der Waals surface area contributed by atoms with E-state index in [2.05, 4.69) is 14.9 Å². The minimum absolute atomic E-state index is 0.0903. The van der Waals surface area contributed by atoms with Crippen molar-refractivity contribution in [1.29, 1.82) is 0 Å². The Morgan fingerprint density at radius 3 is 2.29 bits per heavy atom. The molecule has 0 unspecified atom stereocenters. The molecular weight excluding hydrogens is 293 g/mol. The first-order valence-electron chi connectivity index (χ1n) is 5.44. The highest BCUT2D eigenvalue weighted by Crippen LogP contribution is 2.27. The van der Waals surface area contributed by atoms with Gasteiger partial charge in [-0.1, -0.05) is 0 Å². The predicted octanol–water partition coefficient (Wildman–Crippen LogP) is 2.87. The van der Waals surface area contributed by atoms with E-state index >= 15 is 0 Å². The van der Waals surface area contributed by atoms with Crippen LogP contribution < -0.4 is 9.47 Å². The van der Waals surface area contributed by atoms with E-state index in [1.54, 1.807) is 0 Å². The lowest BCUT2D eigenvalue weighted by atomic mass is 10.3. The van der Waals surface area contributed by atoms with Crippen molar-refractivity contribution in [3.63, 3.8) is 0 Å². The maximum absolute atomic E-state index is 12.0. The lowest BCUT2D eigenvalue weighted by Gasteiger charge is -2.10. The number of carboxylic acid groups (broad SMARTS) is 1. The molecule has 110 valence electrons. The van der Waals surface area contributed by atoms with E-state index in [0.717, 1.165) is 12.1 Å². The Balaban J connectivity index is 2.16. The first kappa shape index (κ1) is 14.6. The number of carbonyl (C=O) groups is 1. The van der Waals surface area contributed by atoms with E-state index in [1.165, 1.54) is 24.4 Å². The zero-order chi connectivity index (χ0) is 15.5. The lowest BCUT2D eigenvalue weighted by molar-refractivity contribution is -0.274. The van der Waals surface area contributed by atoms with E-state index in [4.69, 9.17) is 9.84 Å². The van der Waals surface area contributed by atoms with Crippen LogP contribution in [-0.2, 0) is 0 Å². The van der Waals surface area contributed by atoms with Crippen LogP contribution in [0, 0.1) is 0 Å². The molecular formula is C12H7F3N2O4. The average Bonchev–Trinajstić information content (AvgIpc) is 2.40. The van der Waals surface area contributed by atoms with Gasteiger partial charge in [0.25, 0.3) is 5.88 Å². The van der Waals surface area contributed by atoms with E-state index < -0.39 is 18.1 Å². The first-order valence-corrected chi connectivity index (χ1v) is 5.44. The summed E-state index contributed by atoms with van der Waals surface area (Å²) in [5.74, 6) is -1.87. The fraction of sp³-hybridized carbons (Fsp3) is 0.0833. The number of nitrogens with zero attached hydrogens (tertiary/aromatic N) is 2. The van der Waals surface area contributed by atoms with Crippen molar-refractivity contribution in [1.82, 2.24) is 10.2 Å². The summed E-state index contributed by atoms with van der Waals surface area (Å²) in [5, 5.41) is 15.9. The number of halogens is 3. The van der Waals surface area contributed by atoms with Gasteiger partial charge in [0.1, 0.15) is 17.1 Å². The smallest absolute Gasteiger partial charge is 0.477 e. The molecule has 1 aromatic carbocycles. The summed E-state index contributed by atoms with van der Waals surface area (Å²) in [5.41, 5.74) is -0.222. The monoisotopic (exact) mass is 300 g/mol. The van der Waals surface area contributed by atoms with Crippen LogP contribution in [0.25, 0.3) is 0 Å². The van der Waals surface area contributed by atoms with Crippen molar-refractivity contribution in [3.05, 3.63) is 42.1 Å². The third-order valence-corrected chi connectivity index (χ3v) is 2.19. The number of benzene rings is 1. The standard InChI is InChI=1S/C12H7F3N2O4/c13-12(14,15)21-8-3-1-7(2-4-8)20-10-9(11(18)19)5-6-16-17-10/h1-6H,(H,18,19). The van der Waals surface area contributed by atoms with Crippen molar-refractivity contribution in [2.24, 2.45) is 0 Å². The van der Waals surface area contributed by atoms with Gasteiger partial charge in [0.2, 0.25) is 0 Å². The van der Waals surface area contributed by atoms with E-state index in [9.17, 15) is 18.0 Å². The van der Waals surface area contributed by atoms with E-state index in [0.29, 0.717) is 0 Å². The van der Waals surface area contributed by atoms with Gasteiger partial charge in [0, 0.05) is 0 Å². The predicted molar refractivity (Wildman–Crippen MR) is 62.2 cm³/mol. The number of aromatic carboxylic acids is 1. The highest BCUT2D eigenvalue weighted by atomic mass is 19.4. The van der Waals surface area contributed by atoms with E-state index in [1.807, 2.05) is 0 Å². The zero-order valence-electron chi connectivity index (χ0n) is 10.2. The Morgan fingerprint density at radius 2 is 1.71 bits per heavy atom. The van der Waals surface area contributed by atoms with Gasteiger partial charge in [-0.25, -0.2) is 4.79 Å². The van der Waals surface area contributed by atoms with Crippen molar-refractivity contribution in [3.8, 4) is 17.4 Å². The van der Waals surface area contributed by atoms with Gasteiger partial charge < -0.3 is 14.6 Å². The number of alkyl halides is 3. The molecule has 1 heterocycles. The molecule has 0 bridgehead atoms. The number of carboxylic acids is 1. The molecule has 0 fully saturated rings. The maximum atomic E-state index is 12.0. The fourth-order valence-electron chi connectivity index (χ4n) is 1.38. The Bertz CT molecular complexity index is 644. The van der Waals surface area contributed by atoms with Crippen molar-refractivity contribution < 1.29 is 32.5 Å². The largest absolute Gasteiger partial charge is 0.573 e. The van der Waals surface area contributed by atoms with Gasteiger partial charge in [-0.15, -0.1) is 18.3 Å². The molecule has 21 heavy (non-hydrogen) atoms. The topological polar surface area (TPSA) is 81.5 Å². The van der Waals surface area contributed by atoms with Crippen LogP contribution >= 0.6 is 0 Å². The lowest BCUT2D eigenvalue weighted by Crippen LogP contribution is -2.16. The van der Waals surface area contributed by atoms with Gasteiger partial charge in [-0.2, -0.15) is 5.10 Å². The van der Waals surface area contributed by atoms with Crippen LogP contribution in [0.4, 0.5) is 13.2 Å². The Hall–Kier alpha value is -2.84. The highest BCUT2D eigenvalue weighted by molar-refractivity contribution is 5.90. The molecule has 0 aliphatic rings. The molecule has 1 aromatic heterocycles. The Morgan fingerprint density at radius 1 is 1.10 bits per heavy atom. The molecule has 0 atom stereocenters. The summed E-state index contributed by atoms with van der Waals surface area (Å²) in [6.45, 7) is 0. The van der Waals surface area contributed by atoms with Gasteiger partial charge in [0.15, 0.2) is 0 Å². The first-order chi connectivity index (χ1) is 9.85.